The molecule has 0 bridgehead atoms. The van der Waals surface area contributed by atoms with E-state index in [1.165, 1.54) is 0 Å². The summed E-state index contributed by atoms with van der Waals surface area (Å²) < 4.78 is 2.85. The smallest absolute Gasteiger partial charge is 0.255 e. The number of halogens is 2. The second-order valence-electron chi connectivity index (χ2n) is 9.14. The fraction of sp³-hybridized carbons (Fsp3) is 0.222. The zero-order valence-corrected chi connectivity index (χ0v) is 22.2. The molecule has 9 heteroatoms. The Labute approximate surface area is 222 Å². The highest BCUT2D eigenvalue weighted by Gasteiger charge is 2.38. The molecule has 3 N–H and O–H groups in total. The number of carbonyl (C=O) groups is 2. The number of nitrogens with zero attached hydrogens (tertiary/aromatic N) is 2. The lowest BCUT2D eigenvalue weighted by Gasteiger charge is -2.11. The number of hydrogen-bond acceptors (Lipinski definition) is 4. The highest BCUT2D eigenvalue weighted by molar-refractivity contribution is 9.10. The van der Waals surface area contributed by atoms with Crippen molar-refractivity contribution in [1.29, 1.82) is 0 Å². The quantitative estimate of drug-likeness (QED) is 0.246. The van der Waals surface area contributed by atoms with Gasteiger partial charge >= 0.3 is 0 Å². The zero-order valence-electron chi connectivity index (χ0n) is 19.8. The Hall–Kier alpha value is -3.36. The van der Waals surface area contributed by atoms with E-state index in [1.54, 1.807) is 18.2 Å². The van der Waals surface area contributed by atoms with E-state index in [-0.39, 0.29) is 17.7 Å². The van der Waals surface area contributed by atoms with Crippen LogP contribution in [-0.2, 0) is 18.4 Å². The van der Waals surface area contributed by atoms with Gasteiger partial charge < -0.3 is 20.5 Å². The number of imidazole rings is 1. The summed E-state index contributed by atoms with van der Waals surface area (Å²) in [5, 5.41) is 9.74. The second kappa shape index (κ2) is 9.95. The Morgan fingerprint density at radius 3 is 2.58 bits per heavy atom. The number of fused-ring (bicyclic) bond motifs is 1. The molecule has 1 heterocycles. The zero-order chi connectivity index (χ0) is 25.4. The molecule has 2 amide bonds. The number of rotatable bonds is 7. The van der Waals surface area contributed by atoms with Gasteiger partial charge in [-0.15, -0.1) is 0 Å². The van der Waals surface area contributed by atoms with Gasteiger partial charge in [-0.1, -0.05) is 40.5 Å². The molecule has 1 aliphatic rings. The van der Waals surface area contributed by atoms with Gasteiger partial charge in [-0.3, -0.25) is 9.59 Å². The fourth-order valence-corrected chi connectivity index (χ4v) is 4.52. The highest BCUT2D eigenvalue weighted by Crippen LogP contribution is 2.37. The number of amides is 2. The van der Waals surface area contributed by atoms with Crippen molar-refractivity contribution >= 4 is 67.7 Å². The third-order valence-electron chi connectivity index (χ3n) is 6.44. The Kier molecular flexibility index (Phi) is 6.73. The van der Waals surface area contributed by atoms with E-state index in [9.17, 15) is 9.59 Å². The minimum Gasteiger partial charge on any atom is -0.352 e. The standard InChI is InChI=1S/C27H25BrClN5O2/c1-15-11-20(15)26(36)30-14-16-3-9-21(29)22(12-16)32-27-33-23-13-17(4-10-24(23)34(27)2)25(35)31-19-7-5-18(28)6-8-19/h3-10,12-13,15,20H,11,14H2,1-2H3,(H,30,36)(H,31,35)(H,32,33)/t15-,20-/m1/s1. The topological polar surface area (TPSA) is 88.1 Å². The molecule has 36 heavy (non-hydrogen) atoms. The van der Waals surface area contributed by atoms with Crippen LogP contribution in [0.25, 0.3) is 11.0 Å². The molecule has 1 aliphatic carbocycles. The normalized spacial score (nSPS) is 16.6. The van der Waals surface area contributed by atoms with Gasteiger partial charge in [-0.2, -0.15) is 0 Å². The van der Waals surface area contributed by atoms with Crippen LogP contribution in [-0.4, -0.2) is 21.4 Å². The van der Waals surface area contributed by atoms with Gasteiger partial charge in [-0.05, 0) is 72.5 Å². The maximum atomic E-state index is 12.8. The monoisotopic (exact) mass is 565 g/mol. The van der Waals surface area contributed by atoms with Crippen LogP contribution < -0.4 is 16.0 Å². The van der Waals surface area contributed by atoms with Gasteiger partial charge in [-0.25, -0.2) is 4.98 Å². The van der Waals surface area contributed by atoms with Crippen LogP contribution in [0, 0.1) is 11.8 Å². The van der Waals surface area contributed by atoms with Crippen molar-refractivity contribution in [1.82, 2.24) is 14.9 Å². The van der Waals surface area contributed by atoms with Crippen molar-refractivity contribution in [3.8, 4) is 0 Å². The lowest BCUT2D eigenvalue weighted by Crippen LogP contribution is -2.24. The van der Waals surface area contributed by atoms with Crippen molar-refractivity contribution in [2.75, 3.05) is 10.6 Å². The largest absolute Gasteiger partial charge is 0.352 e. The van der Waals surface area contributed by atoms with Gasteiger partial charge in [0.05, 0.1) is 21.7 Å². The molecule has 4 aromatic rings. The predicted molar refractivity (Wildman–Crippen MR) is 147 cm³/mol. The molecule has 7 nitrogen and oxygen atoms in total. The molecular weight excluding hydrogens is 542 g/mol. The first-order chi connectivity index (χ1) is 17.3. The van der Waals surface area contributed by atoms with Crippen LogP contribution in [0.3, 0.4) is 0 Å². The van der Waals surface area contributed by atoms with Crippen LogP contribution in [0.15, 0.2) is 65.1 Å². The predicted octanol–water partition coefficient (Wildman–Crippen LogP) is 6.26. The molecule has 0 aliphatic heterocycles. The van der Waals surface area contributed by atoms with Crippen LogP contribution in [0.1, 0.15) is 29.3 Å². The van der Waals surface area contributed by atoms with Crippen LogP contribution in [0.2, 0.25) is 5.02 Å². The van der Waals surface area contributed by atoms with E-state index in [1.807, 2.05) is 54.1 Å². The van der Waals surface area contributed by atoms with Crippen molar-refractivity contribution in [2.45, 2.75) is 19.9 Å². The van der Waals surface area contributed by atoms with Crippen molar-refractivity contribution < 1.29 is 9.59 Å². The number of nitrogens with one attached hydrogen (secondary N) is 3. The molecule has 1 fully saturated rings. The minimum atomic E-state index is -0.210. The number of hydrogen-bond donors (Lipinski definition) is 3. The first-order valence-electron chi connectivity index (χ1n) is 11.6. The lowest BCUT2D eigenvalue weighted by atomic mass is 10.2. The molecule has 0 radical (unpaired) electrons. The van der Waals surface area contributed by atoms with Gasteiger partial charge in [0.15, 0.2) is 0 Å². The molecule has 1 saturated carbocycles. The first kappa shape index (κ1) is 24.3. The molecule has 3 aromatic carbocycles. The average molecular weight is 567 g/mol. The Morgan fingerprint density at radius 2 is 1.86 bits per heavy atom. The van der Waals surface area contributed by atoms with Crippen molar-refractivity contribution in [3.63, 3.8) is 0 Å². The first-order valence-corrected chi connectivity index (χ1v) is 12.8. The SMILES string of the molecule is C[C@@H]1C[C@H]1C(=O)NCc1ccc(Cl)c(Nc2nc3cc(C(=O)Nc4ccc(Br)cc4)ccc3n2C)c1. The lowest BCUT2D eigenvalue weighted by molar-refractivity contribution is -0.122. The summed E-state index contributed by atoms with van der Waals surface area (Å²) in [4.78, 5) is 29.6. The summed E-state index contributed by atoms with van der Waals surface area (Å²) >= 11 is 9.84. The maximum absolute atomic E-state index is 12.8. The molecule has 0 unspecified atom stereocenters. The number of anilines is 3. The van der Waals surface area contributed by atoms with E-state index in [4.69, 9.17) is 16.6 Å². The van der Waals surface area contributed by atoms with Gasteiger partial charge in [0.25, 0.3) is 5.91 Å². The molecule has 5 rings (SSSR count). The van der Waals surface area contributed by atoms with Gasteiger partial charge in [0, 0.05) is 35.2 Å². The molecule has 2 atom stereocenters. The molecule has 184 valence electrons. The van der Waals surface area contributed by atoms with Gasteiger partial charge in [0.1, 0.15) is 0 Å². The summed E-state index contributed by atoms with van der Waals surface area (Å²) in [6.45, 7) is 2.52. The summed E-state index contributed by atoms with van der Waals surface area (Å²) in [6, 6.07) is 18.4. The summed E-state index contributed by atoms with van der Waals surface area (Å²) in [7, 11) is 1.90. The maximum Gasteiger partial charge on any atom is 0.255 e. The van der Waals surface area contributed by atoms with E-state index in [0.717, 1.165) is 22.0 Å². The van der Waals surface area contributed by atoms with Gasteiger partial charge in [0.2, 0.25) is 11.9 Å². The fourth-order valence-electron chi connectivity index (χ4n) is 4.10. The Bertz CT molecular complexity index is 1470. The van der Waals surface area contributed by atoms with Crippen molar-refractivity contribution in [2.24, 2.45) is 18.9 Å². The highest BCUT2D eigenvalue weighted by atomic mass is 79.9. The second-order valence-corrected chi connectivity index (χ2v) is 10.5. The number of carbonyl (C=O) groups excluding carboxylic acids is 2. The Morgan fingerprint density at radius 1 is 1.11 bits per heavy atom. The summed E-state index contributed by atoms with van der Waals surface area (Å²) in [5.74, 6) is 1.08. The van der Waals surface area contributed by atoms with E-state index < -0.39 is 0 Å². The third-order valence-corrected chi connectivity index (χ3v) is 7.29. The molecule has 0 spiro atoms. The summed E-state index contributed by atoms with van der Waals surface area (Å²) in [6.07, 6.45) is 0.958. The third kappa shape index (κ3) is 5.24. The minimum absolute atomic E-state index is 0.0993. The number of aromatic nitrogens is 2. The van der Waals surface area contributed by atoms with Crippen molar-refractivity contribution in [3.05, 3.63) is 81.3 Å². The average Bonchev–Trinajstić information content (AvgIpc) is 3.53. The van der Waals surface area contributed by atoms with Crippen LogP contribution in [0.5, 0.6) is 0 Å². The van der Waals surface area contributed by atoms with E-state index in [0.29, 0.717) is 45.9 Å². The molecular formula is C27H25BrClN5O2. The molecule has 0 saturated heterocycles. The van der Waals surface area contributed by atoms with Crippen LogP contribution in [0.4, 0.5) is 17.3 Å². The Balaban J connectivity index is 1.32. The summed E-state index contributed by atoms with van der Waals surface area (Å²) in [5.41, 5.74) is 4.40. The molecule has 1 aromatic heterocycles. The number of aryl methyl sites for hydroxylation is 1. The van der Waals surface area contributed by atoms with E-state index in [2.05, 4.69) is 38.8 Å². The van der Waals surface area contributed by atoms with E-state index >= 15 is 0 Å². The van der Waals surface area contributed by atoms with Crippen LogP contribution >= 0.6 is 27.5 Å². The number of benzene rings is 3.